The molecule has 1 aromatic carbocycles. The third-order valence-electron chi connectivity index (χ3n) is 3.79. The van der Waals surface area contributed by atoms with Crippen LogP contribution in [0.2, 0.25) is 0 Å². The molecule has 0 aliphatic carbocycles. The summed E-state index contributed by atoms with van der Waals surface area (Å²) in [7, 11) is -3.59. The van der Waals surface area contributed by atoms with Gasteiger partial charge in [-0.1, -0.05) is 15.9 Å². The summed E-state index contributed by atoms with van der Waals surface area (Å²) >= 11 is 3.26. The Kier molecular flexibility index (Phi) is 9.06. The van der Waals surface area contributed by atoms with Crippen molar-refractivity contribution >= 4 is 31.9 Å². The molecule has 1 rings (SSSR count). The first kappa shape index (κ1) is 22.1. The van der Waals surface area contributed by atoms with E-state index in [0.717, 1.165) is 11.0 Å². The predicted molar refractivity (Wildman–Crippen MR) is 104 cm³/mol. The van der Waals surface area contributed by atoms with Crippen molar-refractivity contribution < 1.29 is 13.2 Å². The van der Waals surface area contributed by atoms with Gasteiger partial charge in [-0.15, -0.1) is 0 Å². The van der Waals surface area contributed by atoms with Crippen LogP contribution in [0.3, 0.4) is 0 Å². The quantitative estimate of drug-likeness (QED) is 0.593. The van der Waals surface area contributed by atoms with E-state index in [0.29, 0.717) is 18.6 Å². The van der Waals surface area contributed by atoms with Crippen LogP contribution in [0.1, 0.15) is 34.1 Å². The number of amides is 1. The highest BCUT2D eigenvalue weighted by atomic mass is 79.9. The summed E-state index contributed by atoms with van der Waals surface area (Å²) in [6, 6.07) is 7.18. The van der Waals surface area contributed by atoms with E-state index in [4.69, 9.17) is 0 Å². The molecule has 0 aliphatic heterocycles. The summed E-state index contributed by atoms with van der Waals surface area (Å²) in [5.41, 5.74) is 0. The lowest BCUT2D eigenvalue weighted by atomic mass is 10.2. The van der Waals surface area contributed by atoms with Crippen molar-refractivity contribution in [2.75, 3.05) is 19.6 Å². The fourth-order valence-electron chi connectivity index (χ4n) is 2.52. The van der Waals surface area contributed by atoms with Gasteiger partial charge >= 0.3 is 0 Å². The zero-order valence-corrected chi connectivity index (χ0v) is 17.7. The van der Waals surface area contributed by atoms with Gasteiger partial charge in [0.25, 0.3) is 0 Å². The molecule has 0 fully saturated rings. The topological polar surface area (TPSA) is 78.5 Å². The zero-order valence-electron chi connectivity index (χ0n) is 15.3. The Hall–Kier alpha value is -0.960. The first-order chi connectivity index (χ1) is 11.6. The number of sulfonamides is 1. The third kappa shape index (κ3) is 7.85. The highest BCUT2D eigenvalue weighted by Gasteiger charge is 2.15. The lowest BCUT2D eigenvalue weighted by Gasteiger charge is -2.30. The minimum Gasteiger partial charge on any atom is -0.355 e. The molecule has 0 saturated heterocycles. The summed E-state index contributed by atoms with van der Waals surface area (Å²) < 4.78 is 27.5. The first-order valence-corrected chi connectivity index (χ1v) is 10.7. The maximum absolute atomic E-state index is 12.1. The predicted octanol–water partition coefficient (Wildman–Crippen LogP) is 2.35. The monoisotopic (exact) mass is 433 g/mol. The molecule has 0 bridgehead atoms. The van der Waals surface area contributed by atoms with Gasteiger partial charge in [0.15, 0.2) is 0 Å². The van der Waals surface area contributed by atoms with Gasteiger partial charge in [-0.25, -0.2) is 13.1 Å². The van der Waals surface area contributed by atoms with Crippen molar-refractivity contribution in [3.05, 3.63) is 28.7 Å². The first-order valence-electron chi connectivity index (χ1n) is 8.41. The van der Waals surface area contributed by atoms with Gasteiger partial charge in [0, 0.05) is 42.6 Å². The van der Waals surface area contributed by atoms with E-state index in [1.165, 1.54) is 12.1 Å². The summed E-state index contributed by atoms with van der Waals surface area (Å²) in [6.07, 6.45) is 0.110. The zero-order chi connectivity index (χ0) is 19.0. The fraction of sp³-hybridized carbons (Fsp3) is 0.588. The average molecular weight is 434 g/mol. The van der Waals surface area contributed by atoms with Crippen molar-refractivity contribution in [2.24, 2.45) is 0 Å². The summed E-state index contributed by atoms with van der Waals surface area (Å²) in [5.74, 6) is -0.161. The van der Waals surface area contributed by atoms with Crippen molar-refractivity contribution in [2.45, 2.75) is 51.1 Å². The number of rotatable bonds is 10. The van der Waals surface area contributed by atoms with Crippen LogP contribution in [-0.2, 0) is 14.8 Å². The van der Waals surface area contributed by atoms with E-state index in [9.17, 15) is 13.2 Å². The molecule has 6 nitrogen and oxygen atoms in total. The van der Waals surface area contributed by atoms with Gasteiger partial charge in [-0.3, -0.25) is 9.69 Å². The maximum atomic E-state index is 12.1. The van der Waals surface area contributed by atoms with E-state index in [-0.39, 0.29) is 23.8 Å². The lowest BCUT2D eigenvalue weighted by molar-refractivity contribution is -0.121. The minimum absolute atomic E-state index is 0.0717. The van der Waals surface area contributed by atoms with E-state index >= 15 is 0 Å². The molecule has 0 saturated carbocycles. The van der Waals surface area contributed by atoms with Gasteiger partial charge in [-0.05, 0) is 52.0 Å². The van der Waals surface area contributed by atoms with Gasteiger partial charge < -0.3 is 5.32 Å². The van der Waals surface area contributed by atoms with Gasteiger partial charge in [0.1, 0.15) is 0 Å². The van der Waals surface area contributed by atoms with Crippen molar-refractivity contribution in [3.63, 3.8) is 0 Å². The molecule has 0 aliphatic rings. The Morgan fingerprint density at radius 3 is 2.16 bits per heavy atom. The number of nitrogens with zero attached hydrogens (tertiary/aromatic N) is 1. The van der Waals surface area contributed by atoms with E-state index in [2.05, 4.69) is 58.6 Å². The molecule has 25 heavy (non-hydrogen) atoms. The van der Waals surface area contributed by atoms with Crippen LogP contribution in [0, 0.1) is 0 Å². The standard InChI is InChI=1S/C17H28BrN3O3S/c1-13(2)21(14(3)4)12-11-19-17(22)9-10-20-25(23,24)16-7-5-15(18)6-8-16/h5-8,13-14,20H,9-12H2,1-4H3,(H,19,22). The number of halogens is 1. The molecule has 0 unspecified atom stereocenters. The number of hydrogen-bond donors (Lipinski definition) is 2. The summed E-state index contributed by atoms with van der Waals surface area (Å²) in [5, 5.41) is 2.83. The van der Waals surface area contributed by atoms with Crippen molar-refractivity contribution in [1.82, 2.24) is 14.9 Å². The molecule has 1 aromatic rings. The number of benzene rings is 1. The molecule has 2 N–H and O–H groups in total. The highest BCUT2D eigenvalue weighted by Crippen LogP contribution is 2.14. The van der Waals surface area contributed by atoms with Crippen molar-refractivity contribution in [1.29, 1.82) is 0 Å². The molecule has 8 heteroatoms. The Morgan fingerprint density at radius 2 is 1.64 bits per heavy atom. The number of carbonyl (C=O) groups is 1. The Bertz CT molecular complexity index is 638. The number of carbonyl (C=O) groups excluding carboxylic acids is 1. The van der Waals surface area contributed by atoms with Gasteiger partial charge in [-0.2, -0.15) is 0 Å². The molecule has 142 valence electrons. The number of hydrogen-bond acceptors (Lipinski definition) is 4. The van der Waals surface area contributed by atoms with Crippen LogP contribution in [-0.4, -0.2) is 50.9 Å². The Labute approximate surface area is 159 Å². The average Bonchev–Trinajstić information content (AvgIpc) is 2.51. The molecule has 1 amide bonds. The van der Waals surface area contributed by atoms with Crippen molar-refractivity contribution in [3.8, 4) is 0 Å². The molecular weight excluding hydrogens is 406 g/mol. The van der Waals surface area contributed by atoms with Crippen LogP contribution < -0.4 is 10.0 Å². The van der Waals surface area contributed by atoms with E-state index < -0.39 is 10.0 Å². The smallest absolute Gasteiger partial charge is 0.240 e. The minimum atomic E-state index is -3.59. The highest BCUT2D eigenvalue weighted by molar-refractivity contribution is 9.10. The van der Waals surface area contributed by atoms with Crippen LogP contribution in [0.15, 0.2) is 33.6 Å². The molecule has 0 heterocycles. The number of nitrogens with one attached hydrogen (secondary N) is 2. The molecular formula is C17H28BrN3O3S. The van der Waals surface area contributed by atoms with E-state index in [1.807, 2.05) is 0 Å². The largest absolute Gasteiger partial charge is 0.355 e. The molecule has 0 radical (unpaired) electrons. The van der Waals surface area contributed by atoms with E-state index in [1.54, 1.807) is 12.1 Å². The Balaban J connectivity index is 2.36. The molecule has 0 spiro atoms. The summed E-state index contributed by atoms with van der Waals surface area (Å²) in [6.45, 7) is 9.89. The Morgan fingerprint density at radius 1 is 1.08 bits per heavy atom. The van der Waals surface area contributed by atoms with Crippen LogP contribution in [0.25, 0.3) is 0 Å². The van der Waals surface area contributed by atoms with Crippen LogP contribution in [0.5, 0.6) is 0 Å². The molecule has 0 atom stereocenters. The lowest BCUT2D eigenvalue weighted by Crippen LogP contribution is -2.42. The van der Waals surface area contributed by atoms with Crippen LogP contribution >= 0.6 is 15.9 Å². The van der Waals surface area contributed by atoms with Crippen LogP contribution in [0.4, 0.5) is 0 Å². The summed E-state index contributed by atoms with van der Waals surface area (Å²) in [4.78, 5) is 14.3. The second-order valence-electron chi connectivity index (χ2n) is 6.38. The fourth-order valence-corrected chi connectivity index (χ4v) is 3.82. The van der Waals surface area contributed by atoms with Gasteiger partial charge in [0.2, 0.25) is 15.9 Å². The van der Waals surface area contributed by atoms with Gasteiger partial charge in [0.05, 0.1) is 4.90 Å². The molecule has 0 aromatic heterocycles. The maximum Gasteiger partial charge on any atom is 0.240 e. The normalized spacial score (nSPS) is 12.2. The SMILES string of the molecule is CC(C)N(CCNC(=O)CCNS(=O)(=O)c1ccc(Br)cc1)C(C)C. The second-order valence-corrected chi connectivity index (χ2v) is 9.06. The second kappa shape index (κ2) is 10.3. The third-order valence-corrected chi connectivity index (χ3v) is 5.79.